The first-order chi connectivity index (χ1) is 6.22. The maximum atomic E-state index is 5.84. The molecule has 1 heterocycles. The van der Waals surface area contributed by atoms with Crippen molar-refractivity contribution >= 4 is 0 Å². The van der Waals surface area contributed by atoms with Gasteiger partial charge in [0.2, 0.25) is 0 Å². The molecular weight excluding hydrogens is 164 g/mol. The standard InChI is InChI=1S/C11H22O2/c1-4-6-11(7-5-2)12-8-10(3)9-13-11/h10H,4-9H2,1-3H3. The van der Waals surface area contributed by atoms with Gasteiger partial charge in [-0.2, -0.15) is 0 Å². The molecule has 1 fully saturated rings. The van der Waals surface area contributed by atoms with Crippen molar-refractivity contribution in [1.82, 2.24) is 0 Å². The van der Waals surface area contributed by atoms with Crippen molar-refractivity contribution in [2.24, 2.45) is 5.92 Å². The van der Waals surface area contributed by atoms with Gasteiger partial charge in [-0.15, -0.1) is 0 Å². The molecule has 0 aromatic carbocycles. The van der Waals surface area contributed by atoms with Gasteiger partial charge in [0, 0.05) is 18.8 Å². The van der Waals surface area contributed by atoms with Crippen molar-refractivity contribution in [3.8, 4) is 0 Å². The first kappa shape index (κ1) is 11.0. The molecule has 0 bridgehead atoms. The van der Waals surface area contributed by atoms with Crippen LogP contribution in [0.4, 0.5) is 0 Å². The molecule has 2 heteroatoms. The van der Waals surface area contributed by atoms with Gasteiger partial charge in [-0.3, -0.25) is 0 Å². The molecule has 0 atom stereocenters. The topological polar surface area (TPSA) is 18.5 Å². The molecule has 1 aliphatic rings. The fourth-order valence-electron chi connectivity index (χ4n) is 1.85. The zero-order chi connectivity index (χ0) is 9.73. The highest BCUT2D eigenvalue weighted by atomic mass is 16.7. The Morgan fingerprint density at radius 3 is 1.92 bits per heavy atom. The van der Waals surface area contributed by atoms with Crippen LogP contribution in [0.1, 0.15) is 46.5 Å². The molecule has 0 N–H and O–H groups in total. The summed E-state index contributed by atoms with van der Waals surface area (Å²) in [5.74, 6) is 0.317. The van der Waals surface area contributed by atoms with Crippen molar-refractivity contribution in [3.05, 3.63) is 0 Å². The summed E-state index contributed by atoms with van der Waals surface area (Å²) in [7, 11) is 0. The molecule has 0 spiro atoms. The van der Waals surface area contributed by atoms with Crippen molar-refractivity contribution in [3.63, 3.8) is 0 Å². The predicted molar refractivity (Wildman–Crippen MR) is 53.6 cm³/mol. The Kier molecular flexibility index (Phi) is 4.20. The van der Waals surface area contributed by atoms with Crippen LogP contribution < -0.4 is 0 Å². The molecule has 78 valence electrons. The molecule has 2 nitrogen and oxygen atoms in total. The average Bonchev–Trinajstić information content (AvgIpc) is 2.11. The van der Waals surface area contributed by atoms with E-state index in [0.717, 1.165) is 38.9 Å². The maximum absolute atomic E-state index is 5.84. The van der Waals surface area contributed by atoms with E-state index in [9.17, 15) is 0 Å². The lowest BCUT2D eigenvalue weighted by atomic mass is 10.0. The summed E-state index contributed by atoms with van der Waals surface area (Å²) in [5.41, 5.74) is 0. The van der Waals surface area contributed by atoms with Crippen molar-refractivity contribution in [1.29, 1.82) is 0 Å². The molecule has 0 aromatic rings. The summed E-state index contributed by atoms with van der Waals surface area (Å²) in [6.45, 7) is 8.26. The second-order valence-corrected chi connectivity index (χ2v) is 4.14. The molecule has 0 amide bonds. The third-order valence-corrected chi connectivity index (χ3v) is 2.52. The normalized spacial score (nSPS) is 23.3. The quantitative estimate of drug-likeness (QED) is 0.672. The molecule has 1 aliphatic heterocycles. The molecule has 13 heavy (non-hydrogen) atoms. The number of hydrogen-bond acceptors (Lipinski definition) is 2. The lowest BCUT2D eigenvalue weighted by Gasteiger charge is -2.39. The monoisotopic (exact) mass is 186 g/mol. The van der Waals surface area contributed by atoms with E-state index in [-0.39, 0.29) is 5.79 Å². The summed E-state index contributed by atoms with van der Waals surface area (Å²) >= 11 is 0. The molecule has 0 unspecified atom stereocenters. The van der Waals surface area contributed by atoms with Gasteiger partial charge in [-0.1, -0.05) is 33.6 Å². The minimum absolute atomic E-state index is 0.240. The summed E-state index contributed by atoms with van der Waals surface area (Å²) in [4.78, 5) is 0. The minimum atomic E-state index is -0.240. The smallest absolute Gasteiger partial charge is 0.168 e. The van der Waals surface area contributed by atoms with Crippen LogP contribution in [0.25, 0.3) is 0 Å². The highest BCUT2D eigenvalue weighted by molar-refractivity contribution is 4.74. The van der Waals surface area contributed by atoms with Crippen LogP contribution in [-0.4, -0.2) is 19.0 Å². The maximum Gasteiger partial charge on any atom is 0.168 e. The number of ether oxygens (including phenoxy) is 2. The Morgan fingerprint density at radius 2 is 1.54 bits per heavy atom. The van der Waals surface area contributed by atoms with E-state index in [1.165, 1.54) is 0 Å². The molecule has 0 aliphatic carbocycles. The highest BCUT2D eigenvalue weighted by Crippen LogP contribution is 2.30. The van der Waals surface area contributed by atoms with E-state index in [0.29, 0.717) is 5.92 Å². The Bertz CT molecular complexity index is 129. The lowest BCUT2D eigenvalue weighted by molar-refractivity contribution is -0.287. The van der Waals surface area contributed by atoms with Crippen LogP contribution in [0.15, 0.2) is 0 Å². The molecule has 0 aromatic heterocycles. The van der Waals surface area contributed by atoms with E-state index in [4.69, 9.17) is 9.47 Å². The van der Waals surface area contributed by atoms with E-state index in [2.05, 4.69) is 20.8 Å². The van der Waals surface area contributed by atoms with Gasteiger partial charge < -0.3 is 9.47 Å². The zero-order valence-electron chi connectivity index (χ0n) is 9.14. The fraction of sp³-hybridized carbons (Fsp3) is 1.00. The Hall–Kier alpha value is -0.0800. The fourth-order valence-corrected chi connectivity index (χ4v) is 1.85. The second-order valence-electron chi connectivity index (χ2n) is 4.14. The van der Waals surface area contributed by atoms with Crippen LogP contribution in [0.3, 0.4) is 0 Å². The Labute approximate surface area is 81.6 Å². The molecule has 1 saturated heterocycles. The third kappa shape index (κ3) is 2.96. The first-order valence-electron chi connectivity index (χ1n) is 5.50. The highest BCUT2D eigenvalue weighted by Gasteiger charge is 2.34. The Morgan fingerprint density at radius 1 is 1.08 bits per heavy atom. The summed E-state index contributed by atoms with van der Waals surface area (Å²) in [6, 6.07) is 0. The van der Waals surface area contributed by atoms with Gasteiger partial charge in [-0.25, -0.2) is 0 Å². The van der Waals surface area contributed by atoms with Crippen molar-refractivity contribution in [2.75, 3.05) is 13.2 Å². The van der Waals surface area contributed by atoms with E-state index < -0.39 is 0 Å². The summed E-state index contributed by atoms with van der Waals surface area (Å²) in [5, 5.41) is 0. The first-order valence-corrected chi connectivity index (χ1v) is 5.50. The van der Waals surface area contributed by atoms with Crippen LogP contribution in [0, 0.1) is 5.92 Å². The molecule has 0 radical (unpaired) electrons. The van der Waals surface area contributed by atoms with Crippen LogP contribution in [0.5, 0.6) is 0 Å². The van der Waals surface area contributed by atoms with Gasteiger partial charge in [0.05, 0.1) is 13.2 Å². The minimum Gasteiger partial charge on any atom is -0.350 e. The summed E-state index contributed by atoms with van der Waals surface area (Å²) < 4.78 is 11.7. The van der Waals surface area contributed by atoms with Crippen LogP contribution in [0.2, 0.25) is 0 Å². The number of hydrogen-bond donors (Lipinski definition) is 0. The van der Waals surface area contributed by atoms with Gasteiger partial charge >= 0.3 is 0 Å². The Balaban J connectivity index is 2.47. The SMILES string of the molecule is CCCC1(CCC)OCC(C)CO1. The lowest BCUT2D eigenvalue weighted by Crippen LogP contribution is -2.43. The predicted octanol–water partition coefficient (Wildman–Crippen LogP) is 2.97. The largest absolute Gasteiger partial charge is 0.350 e. The number of rotatable bonds is 4. The van der Waals surface area contributed by atoms with Crippen molar-refractivity contribution < 1.29 is 9.47 Å². The molecule has 1 rings (SSSR count). The van der Waals surface area contributed by atoms with Gasteiger partial charge in [0.1, 0.15) is 0 Å². The molecule has 0 saturated carbocycles. The third-order valence-electron chi connectivity index (χ3n) is 2.52. The van der Waals surface area contributed by atoms with Crippen LogP contribution >= 0.6 is 0 Å². The summed E-state index contributed by atoms with van der Waals surface area (Å²) in [6.07, 6.45) is 4.34. The van der Waals surface area contributed by atoms with E-state index in [1.807, 2.05) is 0 Å². The van der Waals surface area contributed by atoms with Gasteiger partial charge in [0.15, 0.2) is 5.79 Å². The average molecular weight is 186 g/mol. The van der Waals surface area contributed by atoms with E-state index in [1.54, 1.807) is 0 Å². The van der Waals surface area contributed by atoms with E-state index >= 15 is 0 Å². The molecular formula is C11H22O2. The van der Waals surface area contributed by atoms with Gasteiger partial charge in [0.25, 0.3) is 0 Å². The van der Waals surface area contributed by atoms with Crippen molar-refractivity contribution in [2.45, 2.75) is 52.2 Å². The zero-order valence-corrected chi connectivity index (χ0v) is 9.14. The second kappa shape index (κ2) is 4.97. The van der Waals surface area contributed by atoms with Gasteiger partial charge in [-0.05, 0) is 0 Å². The van der Waals surface area contributed by atoms with Crippen LogP contribution in [-0.2, 0) is 9.47 Å².